The first kappa shape index (κ1) is 22.3. The Hall–Kier alpha value is -4.95. The normalized spacial score (nSPS) is 16.8. The molecule has 1 heterocycles. The van der Waals surface area contributed by atoms with Crippen molar-refractivity contribution < 1.29 is 0 Å². The molecule has 0 fully saturated rings. The van der Waals surface area contributed by atoms with E-state index in [9.17, 15) is 0 Å². The molecule has 0 aliphatic carbocycles. The third-order valence-electron chi connectivity index (χ3n) is 7.53. The molecule has 0 saturated carbocycles. The fourth-order valence-electron chi connectivity index (χ4n) is 5.58. The molecule has 38 heavy (non-hydrogen) atoms. The van der Waals surface area contributed by atoms with Crippen LogP contribution in [0, 0.1) is 0 Å². The maximum Gasteiger partial charge on any atom is 0.133 e. The van der Waals surface area contributed by atoms with Gasteiger partial charge in [0.1, 0.15) is 5.54 Å². The Kier molecular flexibility index (Phi) is 5.37. The van der Waals surface area contributed by atoms with Crippen molar-refractivity contribution in [1.29, 1.82) is 0 Å². The van der Waals surface area contributed by atoms with E-state index in [-0.39, 0.29) is 0 Å². The van der Waals surface area contributed by atoms with Crippen molar-refractivity contribution in [2.75, 3.05) is 0 Å². The van der Waals surface area contributed by atoms with Crippen molar-refractivity contribution in [2.45, 2.75) is 5.54 Å². The first-order valence-electron chi connectivity index (χ1n) is 13.0. The number of hydrogen-bond acceptors (Lipinski definition) is 2. The summed E-state index contributed by atoms with van der Waals surface area (Å²) in [6.07, 6.45) is 4.12. The number of benzene rings is 6. The van der Waals surface area contributed by atoms with Gasteiger partial charge in [0.2, 0.25) is 0 Å². The van der Waals surface area contributed by atoms with Crippen LogP contribution in [0.25, 0.3) is 38.4 Å². The van der Waals surface area contributed by atoms with E-state index >= 15 is 0 Å². The van der Waals surface area contributed by atoms with Crippen LogP contribution in [0.1, 0.15) is 16.7 Å². The van der Waals surface area contributed by atoms with Gasteiger partial charge in [0.25, 0.3) is 0 Å². The molecule has 180 valence electrons. The van der Waals surface area contributed by atoms with E-state index in [1.165, 1.54) is 38.2 Å². The molecule has 1 aliphatic heterocycles. The van der Waals surface area contributed by atoms with Crippen LogP contribution in [-0.2, 0) is 5.54 Å². The average Bonchev–Trinajstić information content (AvgIpc) is 3.01. The molecule has 0 saturated heterocycles. The summed E-state index contributed by atoms with van der Waals surface area (Å²) >= 11 is 0. The molecule has 6 aromatic rings. The van der Waals surface area contributed by atoms with Crippen LogP contribution in [0.3, 0.4) is 0 Å². The van der Waals surface area contributed by atoms with Gasteiger partial charge in [0, 0.05) is 5.70 Å². The lowest BCUT2D eigenvalue weighted by molar-refractivity contribution is 0.683. The van der Waals surface area contributed by atoms with Gasteiger partial charge in [-0.2, -0.15) is 0 Å². The summed E-state index contributed by atoms with van der Waals surface area (Å²) in [5.41, 5.74) is 6.22. The van der Waals surface area contributed by atoms with E-state index in [0.717, 1.165) is 16.8 Å². The van der Waals surface area contributed by atoms with Gasteiger partial charge in [-0.3, -0.25) is 4.99 Å². The summed E-state index contributed by atoms with van der Waals surface area (Å²) in [7, 11) is 0. The predicted octanol–water partition coefficient (Wildman–Crippen LogP) is 8.58. The number of nitrogens with one attached hydrogen (secondary N) is 1. The molecule has 1 atom stereocenters. The fraction of sp³-hybridized carbons (Fsp3) is 0.0278. The molecular formula is C36H26N2. The third kappa shape index (κ3) is 3.79. The maximum absolute atomic E-state index is 5.16. The SMILES string of the molecule is C1=NC(c2ccc(-c3ccc4ccccc4c3)cc2)(c2cccc3ccccc23)C=C(c2ccccc2)N1. The molecule has 0 amide bonds. The van der Waals surface area contributed by atoms with E-state index in [1.54, 1.807) is 0 Å². The second kappa shape index (κ2) is 9.17. The predicted molar refractivity (Wildman–Crippen MR) is 160 cm³/mol. The van der Waals surface area contributed by atoms with Gasteiger partial charge in [-0.05, 0) is 61.5 Å². The molecule has 1 N–H and O–H groups in total. The highest BCUT2D eigenvalue weighted by Crippen LogP contribution is 2.42. The smallest absolute Gasteiger partial charge is 0.133 e. The fourth-order valence-corrected chi connectivity index (χ4v) is 5.58. The Bertz CT molecular complexity index is 1830. The number of rotatable bonds is 4. The molecule has 2 nitrogen and oxygen atoms in total. The third-order valence-corrected chi connectivity index (χ3v) is 7.53. The summed E-state index contributed by atoms with van der Waals surface area (Å²) in [5.74, 6) is 0. The highest BCUT2D eigenvalue weighted by atomic mass is 15.0. The molecule has 0 radical (unpaired) electrons. The Balaban J connectivity index is 1.40. The highest BCUT2D eigenvalue weighted by molar-refractivity contribution is 5.91. The minimum absolute atomic E-state index is 0.667. The van der Waals surface area contributed by atoms with Gasteiger partial charge in [-0.1, -0.05) is 133 Å². The van der Waals surface area contributed by atoms with Gasteiger partial charge in [0.05, 0.1) is 6.34 Å². The van der Waals surface area contributed by atoms with E-state index in [0.29, 0.717) is 0 Å². The standard InChI is InChI=1S/C36H26N2/c1-2-11-29(12-3-1)35-24-36(38-25-37-35,34-16-8-14-28-10-6-7-15-33(28)34)32-21-19-27(20-22-32)31-18-17-26-9-4-5-13-30(26)23-31/h1-25H,(H,37,38). The Morgan fingerprint density at radius 3 is 2.03 bits per heavy atom. The zero-order chi connectivity index (χ0) is 25.4. The van der Waals surface area contributed by atoms with E-state index in [2.05, 4.69) is 145 Å². The minimum Gasteiger partial charge on any atom is -0.346 e. The van der Waals surface area contributed by atoms with E-state index < -0.39 is 5.54 Å². The topological polar surface area (TPSA) is 24.4 Å². The first-order chi connectivity index (χ1) is 18.8. The van der Waals surface area contributed by atoms with Crippen LogP contribution in [0.2, 0.25) is 0 Å². The van der Waals surface area contributed by atoms with Crippen molar-refractivity contribution in [1.82, 2.24) is 5.32 Å². The van der Waals surface area contributed by atoms with Crippen LogP contribution >= 0.6 is 0 Å². The minimum atomic E-state index is -0.667. The number of fused-ring (bicyclic) bond motifs is 2. The molecule has 1 unspecified atom stereocenters. The lowest BCUT2D eigenvalue weighted by atomic mass is 9.78. The highest BCUT2D eigenvalue weighted by Gasteiger charge is 2.35. The second-order valence-corrected chi connectivity index (χ2v) is 9.76. The molecule has 6 aromatic carbocycles. The molecule has 0 aromatic heterocycles. The van der Waals surface area contributed by atoms with E-state index in [4.69, 9.17) is 4.99 Å². The van der Waals surface area contributed by atoms with Gasteiger partial charge in [-0.15, -0.1) is 0 Å². The number of nitrogens with zero attached hydrogens (tertiary/aromatic N) is 1. The molecule has 7 rings (SSSR count). The average molecular weight is 487 g/mol. The lowest BCUT2D eigenvalue weighted by Crippen LogP contribution is -2.31. The van der Waals surface area contributed by atoms with Crippen LogP contribution in [0.5, 0.6) is 0 Å². The summed E-state index contributed by atoms with van der Waals surface area (Å²) in [6.45, 7) is 0. The van der Waals surface area contributed by atoms with Gasteiger partial charge >= 0.3 is 0 Å². The molecule has 0 spiro atoms. The molecular weight excluding hydrogens is 460 g/mol. The van der Waals surface area contributed by atoms with Crippen molar-refractivity contribution >= 4 is 33.6 Å². The first-order valence-corrected chi connectivity index (χ1v) is 13.0. The van der Waals surface area contributed by atoms with Gasteiger partial charge in [-0.25, -0.2) is 0 Å². The summed E-state index contributed by atoms with van der Waals surface area (Å²) < 4.78 is 0. The van der Waals surface area contributed by atoms with Crippen molar-refractivity contribution in [3.8, 4) is 11.1 Å². The number of hydrogen-bond donors (Lipinski definition) is 1. The lowest BCUT2D eigenvalue weighted by Gasteiger charge is -2.33. The molecule has 1 aliphatic rings. The van der Waals surface area contributed by atoms with Crippen LogP contribution in [0.15, 0.2) is 151 Å². The second-order valence-electron chi connectivity index (χ2n) is 9.76. The maximum atomic E-state index is 5.16. The molecule has 0 bridgehead atoms. The quantitative estimate of drug-likeness (QED) is 0.265. The van der Waals surface area contributed by atoms with Crippen molar-refractivity contribution in [3.05, 3.63) is 162 Å². The van der Waals surface area contributed by atoms with Crippen LogP contribution in [0.4, 0.5) is 0 Å². The van der Waals surface area contributed by atoms with Crippen molar-refractivity contribution in [3.63, 3.8) is 0 Å². The van der Waals surface area contributed by atoms with Gasteiger partial charge in [0.15, 0.2) is 0 Å². The summed E-state index contributed by atoms with van der Waals surface area (Å²) in [6, 6.07) is 49.6. The Morgan fingerprint density at radius 2 is 1.18 bits per heavy atom. The van der Waals surface area contributed by atoms with Crippen LogP contribution < -0.4 is 5.32 Å². The Morgan fingerprint density at radius 1 is 0.500 bits per heavy atom. The largest absolute Gasteiger partial charge is 0.346 e. The molecule has 2 heteroatoms. The summed E-state index contributed by atoms with van der Waals surface area (Å²) in [4.78, 5) is 5.16. The zero-order valence-electron chi connectivity index (χ0n) is 20.9. The van der Waals surface area contributed by atoms with Crippen molar-refractivity contribution in [2.24, 2.45) is 4.99 Å². The monoisotopic (exact) mass is 486 g/mol. The van der Waals surface area contributed by atoms with Gasteiger partial charge < -0.3 is 5.32 Å². The Labute approximate surface area is 222 Å². The summed E-state index contributed by atoms with van der Waals surface area (Å²) in [5, 5.41) is 8.32. The zero-order valence-corrected chi connectivity index (χ0v) is 20.9. The van der Waals surface area contributed by atoms with Crippen LogP contribution in [-0.4, -0.2) is 6.34 Å². The number of aliphatic imine (C=N–C) groups is 1. The van der Waals surface area contributed by atoms with E-state index in [1.807, 2.05) is 12.4 Å².